The Bertz CT molecular complexity index is 947. The van der Waals surface area contributed by atoms with Crippen molar-refractivity contribution in [3.63, 3.8) is 0 Å². The quantitative estimate of drug-likeness (QED) is 0.544. The standard InChI is InChI=1S/C26H35FN2O5/c1-6-31-23-12-20(13-24(32-7-2)25(23)33-8-3)26(30)28-14-19-9-10-22(21(27)11-19)29-15-17(4)34-18(5)16-29/h9-13,17-18H,6-8,14-16H2,1-5H3,(H,28,30). The van der Waals surface area contributed by atoms with E-state index < -0.39 is 0 Å². The summed E-state index contributed by atoms with van der Waals surface area (Å²) >= 11 is 0. The Hall–Kier alpha value is -3.00. The Kier molecular flexibility index (Phi) is 8.98. The molecule has 186 valence electrons. The van der Waals surface area contributed by atoms with Crippen molar-refractivity contribution in [2.45, 2.75) is 53.4 Å². The van der Waals surface area contributed by atoms with Gasteiger partial charge >= 0.3 is 0 Å². The molecule has 34 heavy (non-hydrogen) atoms. The molecule has 2 atom stereocenters. The number of carbonyl (C=O) groups is 1. The molecule has 0 spiro atoms. The van der Waals surface area contributed by atoms with Crippen molar-refractivity contribution in [3.05, 3.63) is 47.3 Å². The number of ether oxygens (including phenoxy) is 4. The van der Waals surface area contributed by atoms with E-state index in [2.05, 4.69) is 5.32 Å². The molecule has 0 aliphatic carbocycles. The first kappa shape index (κ1) is 25.6. The van der Waals surface area contributed by atoms with Gasteiger partial charge < -0.3 is 29.2 Å². The van der Waals surface area contributed by atoms with Gasteiger partial charge in [0, 0.05) is 25.2 Å². The largest absolute Gasteiger partial charge is 0.490 e. The van der Waals surface area contributed by atoms with Crippen molar-refractivity contribution in [2.24, 2.45) is 0 Å². The minimum atomic E-state index is -0.315. The normalized spacial score (nSPS) is 17.9. The van der Waals surface area contributed by atoms with Crippen molar-refractivity contribution in [3.8, 4) is 17.2 Å². The lowest BCUT2D eigenvalue weighted by molar-refractivity contribution is -0.00539. The number of halogens is 1. The summed E-state index contributed by atoms with van der Waals surface area (Å²) in [4.78, 5) is 14.9. The fraction of sp³-hybridized carbons (Fsp3) is 0.500. The predicted molar refractivity (Wildman–Crippen MR) is 130 cm³/mol. The second-order valence-corrected chi connectivity index (χ2v) is 8.23. The van der Waals surface area contributed by atoms with Crippen LogP contribution in [-0.2, 0) is 11.3 Å². The van der Waals surface area contributed by atoms with Gasteiger partial charge in [-0.15, -0.1) is 0 Å². The number of hydrogen-bond acceptors (Lipinski definition) is 6. The molecule has 2 unspecified atom stereocenters. The van der Waals surface area contributed by atoms with Crippen molar-refractivity contribution in [1.29, 1.82) is 0 Å². The number of morpholine rings is 1. The number of benzene rings is 2. The zero-order chi connectivity index (χ0) is 24.7. The molecule has 3 rings (SSSR count). The summed E-state index contributed by atoms with van der Waals surface area (Å²) in [5.74, 6) is 0.749. The predicted octanol–water partition coefficient (Wildman–Crippen LogP) is 4.57. The maximum absolute atomic E-state index is 14.9. The van der Waals surface area contributed by atoms with E-state index in [1.165, 1.54) is 6.07 Å². The van der Waals surface area contributed by atoms with Gasteiger partial charge in [-0.2, -0.15) is 0 Å². The fourth-order valence-corrected chi connectivity index (χ4v) is 4.10. The highest BCUT2D eigenvalue weighted by molar-refractivity contribution is 5.95. The van der Waals surface area contributed by atoms with Gasteiger partial charge in [0.2, 0.25) is 5.75 Å². The molecule has 1 amide bonds. The molecule has 1 aliphatic rings. The number of carbonyl (C=O) groups excluding carboxylic acids is 1. The first-order valence-electron chi connectivity index (χ1n) is 11.9. The zero-order valence-electron chi connectivity index (χ0n) is 20.7. The highest BCUT2D eigenvalue weighted by Gasteiger charge is 2.24. The van der Waals surface area contributed by atoms with Gasteiger partial charge in [-0.05, 0) is 64.4 Å². The zero-order valence-corrected chi connectivity index (χ0v) is 20.7. The van der Waals surface area contributed by atoms with Crippen LogP contribution in [0.2, 0.25) is 0 Å². The number of amides is 1. The first-order valence-corrected chi connectivity index (χ1v) is 11.9. The Morgan fingerprint density at radius 2 is 1.59 bits per heavy atom. The van der Waals surface area contributed by atoms with Gasteiger partial charge in [0.1, 0.15) is 5.82 Å². The maximum atomic E-state index is 14.9. The molecule has 8 heteroatoms. The summed E-state index contributed by atoms with van der Waals surface area (Å²) in [6, 6.07) is 8.33. The van der Waals surface area contributed by atoms with Gasteiger partial charge in [0.15, 0.2) is 11.5 Å². The van der Waals surface area contributed by atoms with Gasteiger partial charge in [0.05, 0.1) is 37.7 Å². The third-order valence-corrected chi connectivity index (χ3v) is 5.40. The molecule has 0 radical (unpaired) electrons. The number of nitrogens with one attached hydrogen (secondary N) is 1. The average molecular weight is 475 g/mol. The van der Waals surface area contributed by atoms with E-state index in [1.807, 2.05) is 45.6 Å². The summed E-state index contributed by atoms with van der Waals surface area (Å²) in [6.45, 7) is 12.3. The topological polar surface area (TPSA) is 69.3 Å². The molecule has 0 saturated carbocycles. The highest BCUT2D eigenvalue weighted by Crippen LogP contribution is 2.39. The summed E-state index contributed by atoms with van der Waals surface area (Å²) in [6.07, 6.45) is 0.0822. The Morgan fingerprint density at radius 3 is 2.12 bits per heavy atom. The molecular formula is C26H35FN2O5. The Labute approximate surface area is 201 Å². The maximum Gasteiger partial charge on any atom is 0.251 e. The Balaban J connectivity index is 1.73. The number of rotatable bonds is 10. The lowest BCUT2D eigenvalue weighted by atomic mass is 10.1. The number of hydrogen-bond donors (Lipinski definition) is 1. The molecule has 1 fully saturated rings. The molecule has 2 aromatic rings. The molecule has 0 bridgehead atoms. The van der Waals surface area contributed by atoms with Crippen LogP contribution in [0.15, 0.2) is 30.3 Å². The second kappa shape index (κ2) is 11.9. The molecule has 1 saturated heterocycles. The average Bonchev–Trinajstić information content (AvgIpc) is 2.79. The summed E-state index contributed by atoms with van der Waals surface area (Å²) in [5.41, 5.74) is 1.60. The lowest BCUT2D eigenvalue weighted by Gasteiger charge is -2.37. The van der Waals surface area contributed by atoms with Gasteiger partial charge in [-0.3, -0.25) is 4.79 Å². The smallest absolute Gasteiger partial charge is 0.251 e. The van der Waals surface area contributed by atoms with Crippen LogP contribution in [0.25, 0.3) is 0 Å². The summed E-state index contributed by atoms with van der Waals surface area (Å²) in [7, 11) is 0. The summed E-state index contributed by atoms with van der Waals surface area (Å²) < 4.78 is 37.7. The molecular weight excluding hydrogens is 439 g/mol. The van der Waals surface area contributed by atoms with Crippen LogP contribution < -0.4 is 24.4 Å². The molecule has 2 aromatic carbocycles. The molecule has 1 aliphatic heterocycles. The van der Waals surface area contributed by atoms with E-state index in [-0.39, 0.29) is 30.5 Å². The number of nitrogens with zero attached hydrogens (tertiary/aromatic N) is 1. The van der Waals surface area contributed by atoms with E-state index in [1.54, 1.807) is 18.2 Å². The van der Waals surface area contributed by atoms with Crippen LogP contribution in [0.4, 0.5) is 10.1 Å². The highest BCUT2D eigenvalue weighted by atomic mass is 19.1. The van der Waals surface area contributed by atoms with E-state index >= 15 is 0 Å². The second-order valence-electron chi connectivity index (χ2n) is 8.23. The van der Waals surface area contributed by atoms with Crippen LogP contribution in [0.1, 0.15) is 50.5 Å². The van der Waals surface area contributed by atoms with E-state index in [9.17, 15) is 9.18 Å². The molecule has 0 aromatic heterocycles. The van der Waals surface area contributed by atoms with E-state index in [0.717, 1.165) is 0 Å². The van der Waals surface area contributed by atoms with Crippen molar-refractivity contribution < 1.29 is 28.1 Å². The van der Waals surface area contributed by atoms with Crippen LogP contribution in [0.5, 0.6) is 17.2 Å². The SMILES string of the molecule is CCOc1cc(C(=O)NCc2ccc(N3CC(C)OC(C)C3)c(F)c2)cc(OCC)c1OCC. The van der Waals surface area contributed by atoms with Crippen molar-refractivity contribution >= 4 is 11.6 Å². The van der Waals surface area contributed by atoms with E-state index in [4.69, 9.17) is 18.9 Å². The minimum Gasteiger partial charge on any atom is -0.490 e. The van der Waals surface area contributed by atoms with Gasteiger partial charge in [-0.1, -0.05) is 6.07 Å². The van der Waals surface area contributed by atoms with Crippen LogP contribution in [-0.4, -0.2) is 51.0 Å². The molecule has 7 nitrogen and oxygen atoms in total. The fourth-order valence-electron chi connectivity index (χ4n) is 4.10. The third kappa shape index (κ3) is 6.32. The Morgan fingerprint density at radius 1 is 1.00 bits per heavy atom. The third-order valence-electron chi connectivity index (χ3n) is 5.40. The molecule has 1 heterocycles. The van der Waals surface area contributed by atoms with Crippen molar-refractivity contribution in [2.75, 3.05) is 37.8 Å². The first-order chi connectivity index (χ1) is 16.4. The lowest BCUT2D eigenvalue weighted by Crippen LogP contribution is -2.45. The summed E-state index contributed by atoms with van der Waals surface area (Å²) in [5, 5.41) is 2.85. The minimum absolute atomic E-state index is 0.0411. The van der Waals surface area contributed by atoms with E-state index in [0.29, 0.717) is 67.0 Å². The monoisotopic (exact) mass is 474 g/mol. The molecule has 1 N–H and O–H groups in total. The van der Waals surface area contributed by atoms with Crippen LogP contribution in [0.3, 0.4) is 0 Å². The van der Waals surface area contributed by atoms with Crippen LogP contribution in [0, 0.1) is 5.82 Å². The van der Waals surface area contributed by atoms with Crippen LogP contribution >= 0.6 is 0 Å². The number of anilines is 1. The van der Waals surface area contributed by atoms with Gasteiger partial charge in [-0.25, -0.2) is 4.39 Å². The van der Waals surface area contributed by atoms with Gasteiger partial charge in [0.25, 0.3) is 5.91 Å². The van der Waals surface area contributed by atoms with Crippen molar-refractivity contribution in [1.82, 2.24) is 5.32 Å².